The Bertz CT molecular complexity index is 1010. The van der Waals surface area contributed by atoms with Crippen LogP contribution in [0.1, 0.15) is 34.5 Å². The number of hydrogen-bond donors (Lipinski definition) is 1. The molecule has 3 aromatic rings. The lowest BCUT2D eigenvalue weighted by molar-refractivity contribution is 0.0935. The second-order valence-corrected chi connectivity index (χ2v) is 7.15. The number of benzene rings is 3. The molecule has 1 atom stereocenters. The first-order chi connectivity index (χ1) is 14.5. The Balaban J connectivity index is 1.80. The summed E-state index contributed by atoms with van der Waals surface area (Å²) in [4.78, 5) is 13.0. The quantitative estimate of drug-likeness (QED) is 0.523. The maximum Gasteiger partial charge on any atom is 0.255 e. The molecule has 0 spiro atoms. The number of ether oxygens (including phenoxy) is 3. The van der Waals surface area contributed by atoms with Gasteiger partial charge in [-0.3, -0.25) is 4.79 Å². The van der Waals surface area contributed by atoms with E-state index in [1.807, 2.05) is 55.5 Å². The molecule has 0 aliphatic heterocycles. The van der Waals surface area contributed by atoms with E-state index in [9.17, 15) is 4.79 Å². The van der Waals surface area contributed by atoms with Gasteiger partial charge in [0.15, 0.2) is 0 Å². The molecular formula is C24H24ClNO4. The highest BCUT2D eigenvalue weighted by Crippen LogP contribution is 2.30. The molecule has 0 saturated carbocycles. The van der Waals surface area contributed by atoms with Crippen LogP contribution in [0.3, 0.4) is 0 Å². The fourth-order valence-electron chi connectivity index (χ4n) is 3.07. The van der Waals surface area contributed by atoms with Crippen LogP contribution in [0.25, 0.3) is 0 Å². The first-order valence-corrected chi connectivity index (χ1v) is 9.88. The Morgan fingerprint density at radius 2 is 1.70 bits per heavy atom. The standard InChI is InChI=1S/C24H24ClNO4/c1-16(20-14-19(28-2)10-12-22(20)29-3)26-24(27)21-13-18(25)9-11-23(21)30-15-17-7-5-4-6-8-17/h4-14,16H,15H2,1-3H3,(H,26,27). The molecule has 5 nitrogen and oxygen atoms in total. The highest BCUT2D eigenvalue weighted by atomic mass is 35.5. The van der Waals surface area contributed by atoms with Gasteiger partial charge in [0.05, 0.1) is 25.8 Å². The number of carbonyl (C=O) groups is 1. The molecule has 0 aliphatic rings. The zero-order valence-electron chi connectivity index (χ0n) is 17.1. The second-order valence-electron chi connectivity index (χ2n) is 6.72. The van der Waals surface area contributed by atoms with Crippen molar-refractivity contribution in [3.05, 3.63) is 88.4 Å². The average molecular weight is 426 g/mol. The summed E-state index contributed by atoms with van der Waals surface area (Å²) in [5.41, 5.74) is 2.18. The fourth-order valence-corrected chi connectivity index (χ4v) is 3.24. The van der Waals surface area contributed by atoms with Crippen LogP contribution >= 0.6 is 11.6 Å². The molecule has 3 aromatic carbocycles. The van der Waals surface area contributed by atoms with Gasteiger partial charge in [-0.05, 0) is 48.9 Å². The van der Waals surface area contributed by atoms with Crippen molar-refractivity contribution in [3.63, 3.8) is 0 Å². The first kappa shape index (κ1) is 21.5. The molecule has 1 N–H and O–H groups in total. The summed E-state index contributed by atoms with van der Waals surface area (Å²) < 4.78 is 16.6. The van der Waals surface area contributed by atoms with E-state index in [0.717, 1.165) is 11.1 Å². The fraction of sp³-hybridized carbons (Fsp3) is 0.208. The molecule has 0 aromatic heterocycles. The van der Waals surface area contributed by atoms with Gasteiger partial charge in [-0.1, -0.05) is 41.9 Å². The van der Waals surface area contributed by atoms with E-state index < -0.39 is 0 Å². The predicted octanol–water partition coefficient (Wildman–Crippen LogP) is 5.43. The molecule has 1 amide bonds. The molecule has 0 aliphatic carbocycles. The van der Waals surface area contributed by atoms with Crippen LogP contribution in [-0.2, 0) is 6.61 Å². The Morgan fingerprint density at radius 1 is 0.967 bits per heavy atom. The number of nitrogens with one attached hydrogen (secondary N) is 1. The van der Waals surface area contributed by atoms with E-state index in [4.69, 9.17) is 25.8 Å². The maximum atomic E-state index is 13.0. The Morgan fingerprint density at radius 3 is 2.40 bits per heavy atom. The van der Waals surface area contributed by atoms with Crippen molar-refractivity contribution >= 4 is 17.5 Å². The Kier molecular flexibility index (Phi) is 7.20. The van der Waals surface area contributed by atoms with Gasteiger partial charge in [-0.2, -0.15) is 0 Å². The summed E-state index contributed by atoms with van der Waals surface area (Å²) in [6, 6.07) is 19.9. The van der Waals surface area contributed by atoms with Crippen molar-refractivity contribution in [2.24, 2.45) is 0 Å². The van der Waals surface area contributed by atoms with Crippen LogP contribution in [0.2, 0.25) is 5.02 Å². The topological polar surface area (TPSA) is 56.8 Å². The van der Waals surface area contributed by atoms with Crippen molar-refractivity contribution in [2.45, 2.75) is 19.6 Å². The van der Waals surface area contributed by atoms with Crippen molar-refractivity contribution < 1.29 is 19.0 Å². The molecule has 0 fully saturated rings. The molecule has 1 unspecified atom stereocenters. The van der Waals surface area contributed by atoms with Crippen LogP contribution in [-0.4, -0.2) is 20.1 Å². The van der Waals surface area contributed by atoms with Gasteiger partial charge in [-0.15, -0.1) is 0 Å². The molecular weight excluding hydrogens is 402 g/mol. The first-order valence-electron chi connectivity index (χ1n) is 9.51. The van der Waals surface area contributed by atoms with E-state index in [-0.39, 0.29) is 11.9 Å². The number of carbonyl (C=O) groups excluding carboxylic acids is 1. The van der Waals surface area contributed by atoms with Crippen LogP contribution in [0, 0.1) is 0 Å². The Hall–Kier alpha value is -3.18. The SMILES string of the molecule is COc1ccc(OC)c(C(C)NC(=O)c2cc(Cl)ccc2OCc2ccccc2)c1. The predicted molar refractivity (Wildman–Crippen MR) is 118 cm³/mol. The van der Waals surface area contributed by atoms with E-state index in [1.54, 1.807) is 32.4 Å². The van der Waals surface area contributed by atoms with Crippen LogP contribution < -0.4 is 19.5 Å². The lowest BCUT2D eigenvalue weighted by Gasteiger charge is -2.19. The summed E-state index contributed by atoms with van der Waals surface area (Å²) in [7, 11) is 3.18. The third kappa shape index (κ3) is 5.24. The van der Waals surface area contributed by atoms with Crippen molar-refractivity contribution in [2.75, 3.05) is 14.2 Å². The zero-order chi connectivity index (χ0) is 21.5. The third-order valence-electron chi connectivity index (χ3n) is 4.67. The van der Waals surface area contributed by atoms with Gasteiger partial charge < -0.3 is 19.5 Å². The summed E-state index contributed by atoms with van der Waals surface area (Å²) in [6.07, 6.45) is 0. The molecule has 0 saturated heterocycles. The number of halogens is 1. The van der Waals surface area contributed by atoms with Crippen molar-refractivity contribution in [3.8, 4) is 17.2 Å². The molecule has 156 valence electrons. The normalized spacial score (nSPS) is 11.5. The van der Waals surface area contributed by atoms with Gasteiger partial charge in [0, 0.05) is 10.6 Å². The Labute approximate surface area is 181 Å². The molecule has 3 rings (SSSR count). The molecule has 6 heteroatoms. The zero-order valence-corrected chi connectivity index (χ0v) is 17.9. The van der Waals surface area contributed by atoms with E-state index >= 15 is 0 Å². The largest absolute Gasteiger partial charge is 0.497 e. The number of rotatable bonds is 8. The van der Waals surface area contributed by atoms with Gasteiger partial charge in [0.25, 0.3) is 5.91 Å². The third-order valence-corrected chi connectivity index (χ3v) is 4.91. The number of hydrogen-bond acceptors (Lipinski definition) is 4. The van der Waals surface area contributed by atoms with Gasteiger partial charge in [-0.25, -0.2) is 0 Å². The van der Waals surface area contributed by atoms with E-state index in [1.165, 1.54) is 0 Å². The maximum absolute atomic E-state index is 13.0. The minimum atomic E-state index is -0.330. The lowest BCUT2D eigenvalue weighted by Crippen LogP contribution is -2.27. The van der Waals surface area contributed by atoms with Crippen LogP contribution in [0.4, 0.5) is 0 Å². The van der Waals surface area contributed by atoms with Gasteiger partial charge in [0.2, 0.25) is 0 Å². The van der Waals surface area contributed by atoms with Crippen LogP contribution in [0.5, 0.6) is 17.2 Å². The summed E-state index contributed by atoms with van der Waals surface area (Å²) in [5.74, 6) is 1.51. The highest BCUT2D eigenvalue weighted by molar-refractivity contribution is 6.31. The summed E-state index contributed by atoms with van der Waals surface area (Å²) in [5, 5.41) is 3.45. The molecule has 0 bridgehead atoms. The highest BCUT2D eigenvalue weighted by Gasteiger charge is 2.19. The smallest absolute Gasteiger partial charge is 0.255 e. The molecule has 0 heterocycles. The average Bonchev–Trinajstić information content (AvgIpc) is 2.78. The van der Waals surface area contributed by atoms with Gasteiger partial charge in [0.1, 0.15) is 23.9 Å². The van der Waals surface area contributed by atoms with E-state index in [2.05, 4.69) is 5.32 Å². The summed E-state index contributed by atoms with van der Waals surface area (Å²) >= 11 is 6.15. The molecule has 0 radical (unpaired) electrons. The number of amides is 1. The lowest BCUT2D eigenvalue weighted by atomic mass is 10.1. The van der Waals surface area contributed by atoms with Gasteiger partial charge >= 0.3 is 0 Å². The van der Waals surface area contributed by atoms with Crippen molar-refractivity contribution in [1.29, 1.82) is 0 Å². The van der Waals surface area contributed by atoms with Crippen molar-refractivity contribution in [1.82, 2.24) is 5.32 Å². The van der Waals surface area contributed by atoms with Crippen LogP contribution in [0.15, 0.2) is 66.7 Å². The monoisotopic (exact) mass is 425 g/mol. The summed E-state index contributed by atoms with van der Waals surface area (Å²) in [6.45, 7) is 2.23. The minimum absolute atomic E-state index is 0.294. The van der Waals surface area contributed by atoms with E-state index in [0.29, 0.717) is 34.4 Å². The second kappa shape index (κ2) is 10.0. The molecule has 30 heavy (non-hydrogen) atoms. The minimum Gasteiger partial charge on any atom is -0.497 e. The number of methoxy groups -OCH3 is 2.